The van der Waals surface area contributed by atoms with E-state index in [1.165, 1.54) is 6.92 Å². The lowest BCUT2D eigenvalue weighted by Gasteiger charge is -2.03. The molecule has 1 aromatic rings. The molecule has 0 fully saturated rings. The Balaban J connectivity index is 2.46. The van der Waals surface area contributed by atoms with Crippen molar-refractivity contribution in [2.75, 3.05) is 0 Å². The largest absolute Gasteiger partial charge is 0.457 e. The quantitative estimate of drug-likeness (QED) is 0.546. The Bertz CT molecular complexity index is 330. The average molecular weight is 194 g/mol. The first-order chi connectivity index (χ1) is 6.74. The summed E-state index contributed by atoms with van der Waals surface area (Å²) >= 11 is 0. The molecule has 0 amide bonds. The van der Waals surface area contributed by atoms with Crippen molar-refractivity contribution in [3.05, 3.63) is 47.8 Å². The van der Waals surface area contributed by atoms with Gasteiger partial charge in [0.15, 0.2) is 0 Å². The maximum absolute atomic E-state index is 11.9. The van der Waals surface area contributed by atoms with Crippen LogP contribution in [-0.2, 0) is 16.1 Å². The minimum absolute atomic E-state index is 0.0269. The molecule has 0 N–H and O–H groups in total. The van der Waals surface area contributed by atoms with Gasteiger partial charge in [-0.25, -0.2) is 9.18 Å². The Morgan fingerprint density at radius 1 is 1.43 bits per heavy atom. The van der Waals surface area contributed by atoms with E-state index in [9.17, 15) is 9.18 Å². The molecule has 0 heterocycles. The molecule has 0 saturated heterocycles. The van der Waals surface area contributed by atoms with Gasteiger partial charge < -0.3 is 4.74 Å². The Kier molecular flexibility index (Phi) is 3.85. The van der Waals surface area contributed by atoms with Crippen LogP contribution < -0.4 is 0 Å². The molecule has 3 heteroatoms. The fourth-order valence-corrected chi connectivity index (χ4v) is 0.881. The number of esters is 1. The highest BCUT2D eigenvalue weighted by molar-refractivity contribution is 5.87. The van der Waals surface area contributed by atoms with Crippen molar-refractivity contribution in [3.63, 3.8) is 0 Å². The second-order valence-electron chi connectivity index (χ2n) is 2.85. The van der Waals surface area contributed by atoms with Gasteiger partial charge in [-0.1, -0.05) is 30.3 Å². The predicted molar refractivity (Wildman–Crippen MR) is 51.1 cm³/mol. The van der Waals surface area contributed by atoms with E-state index in [1.807, 2.05) is 30.3 Å². The van der Waals surface area contributed by atoms with Crippen LogP contribution in [0.4, 0.5) is 4.39 Å². The fourth-order valence-electron chi connectivity index (χ4n) is 0.881. The van der Waals surface area contributed by atoms with Crippen molar-refractivity contribution in [3.8, 4) is 0 Å². The number of benzene rings is 1. The Morgan fingerprint density at radius 3 is 2.64 bits per heavy atom. The maximum atomic E-state index is 11.9. The molecule has 14 heavy (non-hydrogen) atoms. The molecule has 0 atom stereocenters. The number of carbonyl (C=O) groups is 1. The highest BCUT2D eigenvalue weighted by Gasteiger charge is 2.05. The molecular formula is C11H11FO2. The van der Waals surface area contributed by atoms with E-state index in [0.717, 1.165) is 5.56 Å². The minimum Gasteiger partial charge on any atom is -0.457 e. The van der Waals surface area contributed by atoms with Gasteiger partial charge in [0.2, 0.25) is 0 Å². The average Bonchev–Trinajstić information content (AvgIpc) is 2.26. The zero-order valence-electron chi connectivity index (χ0n) is 7.87. The van der Waals surface area contributed by atoms with Gasteiger partial charge in [0.1, 0.15) is 6.61 Å². The summed E-state index contributed by atoms with van der Waals surface area (Å²) in [7, 11) is 0. The number of hydrogen-bond donors (Lipinski definition) is 0. The van der Waals surface area contributed by atoms with Crippen LogP contribution in [0, 0.1) is 0 Å². The van der Waals surface area contributed by atoms with Crippen molar-refractivity contribution >= 4 is 5.97 Å². The van der Waals surface area contributed by atoms with E-state index in [1.54, 1.807) is 0 Å². The molecule has 0 aromatic heterocycles. The van der Waals surface area contributed by atoms with Crippen LogP contribution >= 0.6 is 0 Å². The van der Waals surface area contributed by atoms with Gasteiger partial charge in [0.25, 0.3) is 0 Å². The highest BCUT2D eigenvalue weighted by atomic mass is 19.1. The first-order valence-electron chi connectivity index (χ1n) is 4.22. The van der Waals surface area contributed by atoms with Crippen LogP contribution in [0.2, 0.25) is 0 Å². The summed E-state index contributed by atoms with van der Waals surface area (Å²) in [4.78, 5) is 11.0. The van der Waals surface area contributed by atoms with Crippen molar-refractivity contribution < 1.29 is 13.9 Å². The minimum atomic E-state index is -0.628. The Hall–Kier alpha value is -1.64. The third-order valence-electron chi connectivity index (χ3n) is 1.70. The lowest BCUT2D eigenvalue weighted by atomic mass is 10.2. The van der Waals surface area contributed by atoms with E-state index in [0.29, 0.717) is 0 Å². The van der Waals surface area contributed by atoms with Gasteiger partial charge in [-0.05, 0) is 12.5 Å². The lowest BCUT2D eigenvalue weighted by molar-refractivity contribution is -0.140. The molecule has 0 aliphatic heterocycles. The fraction of sp³-hybridized carbons (Fsp3) is 0.182. The number of halogens is 1. The van der Waals surface area contributed by atoms with Crippen molar-refractivity contribution in [2.45, 2.75) is 13.5 Å². The van der Waals surface area contributed by atoms with E-state index in [4.69, 9.17) is 4.74 Å². The number of carbonyl (C=O) groups excluding carboxylic acids is 1. The molecule has 1 aromatic carbocycles. The zero-order chi connectivity index (χ0) is 10.4. The van der Waals surface area contributed by atoms with E-state index in [-0.39, 0.29) is 18.5 Å². The van der Waals surface area contributed by atoms with Gasteiger partial charge in [0, 0.05) is 0 Å². The summed E-state index contributed by atoms with van der Waals surface area (Å²) in [6, 6.07) is 9.24. The Labute approximate surface area is 82.0 Å². The molecule has 0 aliphatic carbocycles. The third-order valence-corrected chi connectivity index (χ3v) is 1.70. The van der Waals surface area contributed by atoms with Crippen LogP contribution in [0.25, 0.3) is 0 Å². The van der Waals surface area contributed by atoms with Gasteiger partial charge in [-0.2, -0.15) is 0 Å². The van der Waals surface area contributed by atoms with Gasteiger partial charge in [-0.15, -0.1) is 0 Å². The van der Waals surface area contributed by atoms with E-state index in [2.05, 4.69) is 0 Å². The van der Waals surface area contributed by atoms with Crippen molar-refractivity contribution in [2.24, 2.45) is 0 Å². The van der Waals surface area contributed by atoms with Gasteiger partial charge >= 0.3 is 5.97 Å². The van der Waals surface area contributed by atoms with Crippen molar-refractivity contribution in [1.29, 1.82) is 0 Å². The monoisotopic (exact) mass is 194 g/mol. The van der Waals surface area contributed by atoms with Gasteiger partial charge in [-0.3, -0.25) is 0 Å². The number of hydrogen-bond acceptors (Lipinski definition) is 2. The summed E-state index contributed by atoms with van der Waals surface area (Å²) in [5.74, 6) is -0.628. The molecule has 1 rings (SSSR count). The summed E-state index contributed by atoms with van der Waals surface area (Å²) in [6.07, 6.45) is 0.243. The topological polar surface area (TPSA) is 26.3 Å². The second kappa shape index (κ2) is 5.17. The molecule has 2 nitrogen and oxygen atoms in total. The molecule has 0 saturated carbocycles. The first kappa shape index (κ1) is 10.4. The first-order valence-corrected chi connectivity index (χ1v) is 4.22. The lowest BCUT2D eigenvalue weighted by Crippen LogP contribution is -2.05. The second-order valence-corrected chi connectivity index (χ2v) is 2.85. The zero-order valence-corrected chi connectivity index (χ0v) is 7.87. The summed E-state index contributed by atoms with van der Waals surface area (Å²) in [5, 5.41) is 0. The van der Waals surface area contributed by atoms with Crippen LogP contribution in [0.15, 0.2) is 42.2 Å². The normalized spacial score (nSPS) is 11.1. The third kappa shape index (κ3) is 3.01. The predicted octanol–water partition coefficient (Wildman–Crippen LogP) is 2.60. The summed E-state index contributed by atoms with van der Waals surface area (Å²) < 4.78 is 16.7. The van der Waals surface area contributed by atoms with Crippen LogP contribution in [0.1, 0.15) is 12.5 Å². The molecule has 0 radical (unpaired) electrons. The van der Waals surface area contributed by atoms with Crippen LogP contribution in [0.3, 0.4) is 0 Å². The molecule has 0 spiro atoms. The standard InChI is InChI=1S/C11H11FO2/c1-9(7-12)11(13)14-8-10-5-3-2-4-6-10/h2-7H,8H2,1H3/b9-7+. The summed E-state index contributed by atoms with van der Waals surface area (Å²) in [5.41, 5.74) is 0.855. The van der Waals surface area contributed by atoms with Gasteiger partial charge in [0.05, 0.1) is 11.9 Å². The molecule has 74 valence electrons. The summed E-state index contributed by atoms with van der Waals surface area (Å²) in [6.45, 7) is 1.54. The van der Waals surface area contributed by atoms with E-state index < -0.39 is 5.97 Å². The maximum Gasteiger partial charge on any atom is 0.336 e. The molecule has 0 bridgehead atoms. The number of ether oxygens (including phenoxy) is 1. The molecular weight excluding hydrogens is 183 g/mol. The number of rotatable bonds is 3. The smallest absolute Gasteiger partial charge is 0.336 e. The Morgan fingerprint density at radius 2 is 2.07 bits per heavy atom. The van der Waals surface area contributed by atoms with Crippen molar-refractivity contribution in [1.82, 2.24) is 0 Å². The van der Waals surface area contributed by atoms with E-state index >= 15 is 0 Å². The highest BCUT2D eigenvalue weighted by Crippen LogP contribution is 2.03. The molecule has 0 unspecified atom stereocenters. The molecule has 0 aliphatic rings. The van der Waals surface area contributed by atoms with Crippen LogP contribution in [0.5, 0.6) is 0 Å². The van der Waals surface area contributed by atoms with Crippen LogP contribution in [-0.4, -0.2) is 5.97 Å². The SMILES string of the molecule is C/C(=C\F)C(=O)OCc1ccccc1.